The van der Waals surface area contributed by atoms with Crippen molar-refractivity contribution in [1.82, 2.24) is 4.98 Å². The SMILES string of the molecule is CC(C)COCCOc1nc2c(cc1C#N)CCCC2. The van der Waals surface area contributed by atoms with Crippen LogP contribution in [0, 0.1) is 17.2 Å². The highest BCUT2D eigenvalue weighted by atomic mass is 16.5. The largest absolute Gasteiger partial charge is 0.474 e. The number of fused-ring (bicyclic) bond motifs is 1. The van der Waals surface area contributed by atoms with Crippen molar-refractivity contribution in [2.45, 2.75) is 39.5 Å². The standard InChI is InChI=1S/C16H22N2O2/c1-12(2)11-19-7-8-20-16-14(10-17)9-13-5-3-4-6-15(13)18-16/h9,12H,3-8,11H2,1-2H3. The van der Waals surface area contributed by atoms with Crippen molar-refractivity contribution in [3.05, 3.63) is 22.9 Å². The molecule has 0 radical (unpaired) electrons. The lowest BCUT2D eigenvalue weighted by molar-refractivity contribution is 0.0804. The number of aryl methyl sites for hydroxylation is 2. The normalized spacial score (nSPS) is 13.9. The molecule has 1 aromatic rings. The summed E-state index contributed by atoms with van der Waals surface area (Å²) in [5.41, 5.74) is 2.83. The van der Waals surface area contributed by atoms with E-state index in [0.717, 1.165) is 25.1 Å². The zero-order chi connectivity index (χ0) is 14.4. The Kier molecular flexibility index (Phi) is 5.37. The van der Waals surface area contributed by atoms with Gasteiger partial charge >= 0.3 is 0 Å². The van der Waals surface area contributed by atoms with Crippen LogP contribution in [-0.4, -0.2) is 24.8 Å². The lowest BCUT2D eigenvalue weighted by Crippen LogP contribution is -2.13. The number of nitriles is 1. The van der Waals surface area contributed by atoms with Gasteiger partial charge in [-0.2, -0.15) is 5.26 Å². The Morgan fingerprint density at radius 1 is 1.30 bits per heavy atom. The fourth-order valence-electron chi connectivity index (χ4n) is 2.32. The van der Waals surface area contributed by atoms with Crippen molar-refractivity contribution in [2.75, 3.05) is 19.8 Å². The van der Waals surface area contributed by atoms with Gasteiger partial charge in [0.2, 0.25) is 5.88 Å². The van der Waals surface area contributed by atoms with Crippen LogP contribution in [0.15, 0.2) is 6.07 Å². The summed E-state index contributed by atoms with van der Waals surface area (Å²) >= 11 is 0. The molecule has 0 amide bonds. The summed E-state index contributed by atoms with van der Waals surface area (Å²) in [6.45, 7) is 5.92. The summed E-state index contributed by atoms with van der Waals surface area (Å²) in [5.74, 6) is 0.979. The van der Waals surface area contributed by atoms with Crippen molar-refractivity contribution < 1.29 is 9.47 Å². The van der Waals surface area contributed by atoms with Crippen LogP contribution in [0.1, 0.15) is 43.5 Å². The lowest BCUT2D eigenvalue weighted by atomic mass is 9.95. The van der Waals surface area contributed by atoms with E-state index in [-0.39, 0.29) is 0 Å². The molecule has 0 N–H and O–H groups in total. The average Bonchev–Trinajstić information content (AvgIpc) is 2.45. The van der Waals surface area contributed by atoms with Gasteiger partial charge in [-0.05, 0) is 43.2 Å². The van der Waals surface area contributed by atoms with Gasteiger partial charge in [-0.1, -0.05) is 13.8 Å². The van der Waals surface area contributed by atoms with E-state index in [9.17, 15) is 5.26 Å². The van der Waals surface area contributed by atoms with Crippen LogP contribution < -0.4 is 4.74 Å². The van der Waals surface area contributed by atoms with Gasteiger partial charge in [0.15, 0.2) is 0 Å². The summed E-state index contributed by atoms with van der Waals surface area (Å²) in [6, 6.07) is 4.11. The van der Waals surface area contributed by atoms with Crippen molar-refractivity contribution in [3.63, 3.8) is 0 Å². The van der Waals surface area contributed by atoms with Gasteiger partial charge in [-0.25, -0.2) is 4.98 Å². The van der Waals surface area contributed by atoms with Crippen LogP contribution in [-0.2, 0) is 17.6 Å². The highest BCUT2D eigenvalue weighted by Gasteiger charge is 2.15. The van der Waals surface area contributed by atoms with Crippen molar-refractivity contribution in [3.8, 4) is 11.9 Å². The van der Waals surface area contributed by atoms with Crippen LogP contribution in [0.3, 0.4) is 0 Å². The van der Waals surface area contributed by atoms with E-state index in [0.29, 0.717) is 30.6 Å². The van der Waals surface area contributed by atoms with Gasteiger partial charge in [0.1, 0.15) is 18.2 Å². The third-order valence-electron chi connectivity index (χ3n) is 3.30. The zero-order valence-corrected chi connectivity index (χ0v) is 12.3. The summed E-state index contributed by atoms with van der Waals surface area (Å²) in [7, 11) is 0. The molecule has 1 aromatic heterocycles. The number of nitrogens with zero attached hydrogens (tertiary/aromatic N) is 2. The second-order valence-electron chi connectivity index (χ2n) is 5.58. The second kappa shape index (κ2) is 7.25. The van der Waals surface area contributed by atoms with E-state index in [2.05, 4.69) is 24.9 Å². The summed E-state index contributed by atoms with van der Waals surface area (Å²) in [6.07, 6.45) is 4.36. The van der Waals surface area contributed by atoms with Crippen LogP contribution in [0.25, 0.3) is 0 Å². The minimum absolute atomic E-state index is 0.438. The zero-order valence-electron chi connectivity index (χ0n) is 12.3. The Hall–Kier alpha value is -1.60. The Bertz CT molecular complexity index is 492. The molecule has 0 fully saturated rings. The molecule has 20 heavy (non-hydrogen) atoms. The van der Waals surface area contributed by atoms with E-state index in [1.165, 1.54) is 18.4 Å². The van der Waals surface area contributed by atoms with E-state index in [4.69, 9.17) is 9.47 Å². The third kappa shape index (κ3) is 3.94. The maximum atomic E-state index is 9.19. The molecule has 0 saturated heterocycles. The predicted molar refractivity (Wildman–Crippen MR) is 76.7 cm³/mol. The van der Waals surface area contributed by atoms with Crippen molar-refractivity contribution in [1.29, 1.82) is 5.26 Å². The Labute approximate surface area is 120 Å². The minimum Gasteiger partial charge on any atom is -0.474 e. The topological polar surface area (TPSA) is 55.1 Å². The number of aromatic nitrogens is 1. The summed E-state index contributed by atoms with van der Waals surface area (Å²) in [5, 5.41) is 9.19. The molecule has 0 bridgehead atoms. The maximum absolute atomic E-state index is 9.19. The van der Waals surface area contributed by atoms with Crippen LogP contribution in [0.2, 0.25) is 0 Å². The molecule has 108 valence electrons. The molecule has 4 nitrogen and oxygen atoms in total. The molecule has 4 heteroatoms. The van der Waals surface area contributed by atoms with Crippen molar-refractivity contribution in [2.24, 2.45) is 5.92 Å². The predicted octanol–water partition coefficient (Wildman–Crippen LogP) is 2.88. The van der Waals surface area contributed by atoms with Gasteiger partial charge in [0.05, 0.1) is 6.61 Å². The van der Waals surface area contributed by atoms with Crippen LogP contribution in [0.5, 0.6) is 5.88 Å². The molecule has 1 aliphatic rings. The lowest BCUT2D eigenvalue weighted by Gasteiger charge is -2.17. The van der Waals surface area contributed by atoms with Gasteiger partial charge in [-0.15, -0.1) is 0 Å². The van der Waals surface area contributed by atoms with E-state index >= 15 is 0 Å². The molecular weight excluding hydrogens is 252 g/mol. The highest BCUT2D eigenvalue weighted by molar-refractivity contribution is 5.43. The van der Waals surface area contributed by atoms with Gasteiger partial charge in [0.25, 0.3) is 0 Å². The summed E-state index contributed by atoms with van der Waals surface area (Å²) in [4.78, 5) is 4.52. The quantitative estimate of drug-likeness (QED) is 0.748. The van der Waals surface area contributed by atoms with Crippen LogP contribution in [0.4, 0.5) is 0 Å². The van der Waals surface area contributed by atoms with Gasteiger partial charge in [0, 0.05) is 12.3 Å². The third-order valence-corrected chi connectivity index (χ3v) is 3.30. The first kappa shape index (κ1) is 14.8. The number of pyridine rings is 1. The van der Waals surface area contributed by atoms with E-state index in [1.807, 2.05) is 6.07 Å². The second-order valence-corrected chi connectivity index (χ2v) is 5.58. The first-order valence-corrected chi connectivity index (χ1v) is 7.34. The van der Waals surface area contributed by atoms with Gasteiger partial charge in [-0.3, -0.25) is 0 Å². The molecule has 1 heterocycles. The number of hydrogen-bond donors (Lipinski definition) is 0. The smallest absolute Gasteiger partial charge is 0.232 e. The maximum Gasteiger partial charge on any atom is 0.232 e. The number of hydrogen-bond acceptors (Lipinski definition) is 4. The fourth-order valence-corrected chi connectivity index (χ4v) is 2.32. The van der Waals surface area contributed by atoms with Crippen molar-refractivity contribution >= 4 is 0 Å². The Morgan fingerprint density at radius 2 is 2.10 bits per heavy atom. The monoisotopic (exact) mass is 274 g/mol. The van der Waals surface area contributed by atoms with E-state index < -0.39 is 0 Å². The summed E-state index contributed by atoms with van der Waals surface area (Å²) < 4.78 is 11.1. The Balaban J connectivity index is 1.95. The van der Waals surface area contributed by atoms with E-state index in [1.54, 1.807) is 0 Å². The molecule has 0 aromatic carbocycles. The molecule has 0 spiro atoms. The molecular formula is C16H22N2O2. The molecule has 1 aliphatic carbocycles. The first-order chi connectivity index (χ1) is 9.70. The molecule has 0 aliphatic heterocycles. The number of ether oxygens (including phenoxy) is 2. The fraction of sp³-hybridized carbons (Fsp3) is 0.625. The Morgan fingerprint density at radius 3 is 2.85 bits per heavy atom. The molecule has 0 unspecified atom stereocenters. The van der Waals surface area contributed by atoms with Crippen LogP contribution >= 0.6 is 0 Å². The molecule has 2 rings (SSSR count). The highest BCUT2D eigenvalue weighted by Crippen LogP contribution is 2.25. The average molecular weight is 274 g/mol. The first-order valence-electron chi connectivity index (χ1n) is 7.34. The molecule has 0 saturated carbocycles. The van der Waals surface area contributed by atoms with Gasteiger partial charge < -0.3 is 9.47 Å². The molecule has 0 atom stereocenters. The minimum atomic E-state index is 0.438. The number of rotatable bonds is 6.